The van der Waals surface area contributed by atoms with Crippen LogP contribution >= 0.6 is 0 Å². The lowest BCUT2D eigenvalue weighted by Gasteiger charge is -2.46. The Kier molecular flexibility index (Phi) is 3.18. The van der Waals surface area contributed by atoms with Crippen molar-refractivity contribution < 1.29 is 0 Å². The molecule has 1 heteroatoms. The van der Waals surface area contributed by atoms with E-state index in [0.717, 1.165) is 12.5 Å². The van der Waals surface area contributed by atoms with Crippen molar-refractivity contribution in [3.63, 3.8) is 0 Å². The highest BCUT2D eigenvalue weighted by molar-refractivity contribution is 4.98. The van der Waals surface area contributed by atoms with Crippen molar-refractivity contribution in [3.8, 4) is 0 Å². The molecule has 1 heterocycles. The molecule has 0 radical (unpaired) electrons. The van der Waals surface area contributed by atoms with Crippen LogP contribution < -0.4 is 0 Å². The molecule has 13 heavy (non-hydrogen) atoms. The summed E-state index contributed by atoms with van der Waals surface area (Å²) >= 11 is 0. The maximum Gasteiger partial charge on any atom is 0.0165 e. The number of allylic oxidation sites excluding steroid dienone is 1. The van der Waals surface area contributed by atoms with E-state index in [0.29, 0.717) is 5.41 Å². The van der Waals surface area contributed by atoms with Gasteiger partial charge >= 0.3 is 0 Å². The maximum atomic E-state index is 2.52. The molecule has 0 N–H and O–H groups in total. The van der Waals surface area contributed by atoms with Crippen LogP contribution in [0.5, 0.6) is 0 Å². The average Bonchev–Trinajstić information content (AvgIpc) is 1.79. The minimum atomic E-state index is 0.501. The Morgan fingerprint density at radius 1 is 1.31 bits per heavy atom. The summed E-state index contributed by atoms with van der Waals surface area (Å²) in [4.78, 5) is 2.52. The zero-order valence-corrected chi connectivity index (χ0v) is 9.72. The van der Waals surface area contributed by atoms with Crippen LogP contribution in [-0.2, 0) is 0 Å². The van der Waals surface area contributed by atoms with E-state index >= 15 is 0 Å². The highest BCUT2D eigenvalue weighted by Gasteiger charge is 2.34. The highest BCUT2D eigenvalue weighted by Crippen LogP contribution is 2.33. The van der Waals surface area contributed by atoms with E-state index in [1.165, 1.54) is 18.7 Å². The third-order valence-electron chi connectivity index (χ3n) is 2.94. The second kappa shape index (κ2) is 3.83. The molecule has 1 saturated heterocycles. The first-order chi connectivity index (χ1) is 5.89. The molecule has 0 amide bonds. The smallest absolute Gasteiger partial charge is 0.0165 e. The summed E-state index contributed by atoms with van der Waals surface area (Å²) in [5.41, 5.74) is 1.93. The third kappa shape index (κ3) is 3.15. The van der Waals surface area contributed by atoms with Crippen molar-refractivity contribution in [1.29, 1.82) is 0 Å². The van der Waals surface area contributed by atoms with Crippen LogP contribution in [0, 0.1) is 11.3 Å². The lowest BCUT2D eigenvalue weighted by Crippen LogP contribution is -2.51. The van der Waals surface area contributed by atoms with Gasteiger partial charge in [-0.3, -0.25) is 4.90 Å². The molecule has 0 spiro atoms. The molecule has 1 rings (SSSR count). The van der Waals surface area contributed by atoms with Gasteiger partial charge in [-0.25, -0.2) is 0 Å². The van der Waals surface area contributed by atoms with E-state index in [9.17, 15) is 0 Å². The number of nitrogens with zero attached hydrogens (tertiary/aromatic N) is 1. The predicted molar refractivity (Wildman–Crippen MR) is 58.8 cm³/mol. The molecule has 0 aromatic carbocycles. The molecular formula is C12H23N. The molecule has 1 aliphatic rings. The van der Waals surface area contributed by atoms with Gasteiger partial charge in [0.1, 0.15) is 0 Å². The van der Waals surface area contributed by atoms with Gasteiger partial charge in [0.25, 0.3) is 0 Å². The summed E-state index contributed by atoms with van der Waals surface area (Å²) in [6.07, 6.45) is 2.32. The lowest BCUT2D eigenvalue weighted by molar-refractivity contribution is 0.0340. The maximum absolute atomic E-state index is 2.52. The fraction of sp³-hybridized carbons (Fsp3) is 0.833. The molecule has 1 fully saturated rings. The summed E-state index contributed by atoms with van der Waals surface area (Å²) in [5.74, 6) is 0.901. The average molecular weight is 181 g/mol. The number of hydrogen-bond donors (Lipinski definition) is 0. The Morgan fingerprint density at radius 2 is 1.85 bits per heavy atom. The van der Waals surface area contributed by atoms with E-state index in [4.69, 9.17) is 0 Å². The quantitative estimate of drug-likeness (QED) is 0.592. The van der Waals surface area contributed by atoms with Crippen LogP contribution in [0.25, 0.3) is 0 Å². The van der Waals surface area contributed by atoms with Crippen LogP contribution in [0.15, 0.2) is 11.6 Å². The van der Waals surface area contributed by atoms with Gasteiger partial charge in [-0.05, 0) is 25.2 Å². The molecule has 0 aromatic rings. The third-order valence-corrected chi connectivity index (χ3v) is 2.94. The monoisotopic (exact) mass is 181 g/mol. The van der Waals surface area contributed by atoms with Gasteiger partial charge in [-0.1, -0.05) is 32.4 Å². The van der Waals surface area contributed by atoms with Gasteiger partial charge in [-0.15, -0.1) is 0 Å². The lowest BCUT2D eigenvalue weighted by atomic mass is 9.76. The van der Waals surface area contributed by atoms with Gasteiger partial charge in [0.15, 0.2) is 0 Å². The first-order valence-electron chi connectivity index (χ1n) is 5.25. The molecule has 0 aromatic heterocycles. The van der Waals surface area contributed by atoms with Gasteiger partial charge in [0.2, 0.25) is 0 Å². The summed E-state index contributed by atoms with van der Waals surface area (Å²) < 4.78 is 0. The molecule has 0 aliphatic carbocycles. The van der Waals surface area contributed by atoms with Crippen molar-refractivity contribution in [1.82, 2.24) is 4.90 Å². The Labute approximate surface area is 82.8 Å². The van der Waals surface area contributed by atoms with Crippen LogP contribution in [0.4, 0.5) is 0 Å². The zero-order chi connectivity index (χ0) is 10.1. The zero-order valence-electron chi connectivity index (χ0n) is 9.72. The van der Waals surface area contributed by atoms with Crippen LogP contribution in [0.2, 0.25) is 0 Å². The van der Waals surface area contributed by atoms with Crippen LogP contribution in [-0.4, -0.2) is 24.5 Å². The molecule has 1 aliphatic heterocycles. The summed E-state index contributed by atoms with van der Waals surface area (Å²) in [5, 5.41) is 0. The topological polar surface area (TPSA) is 3.24 Å². The Bertz CT molecular complexity index is 188. The van der Waals surface area contributed by atoms with Gasteiger partial charge in [-0.2, -0.15) is 0 Å². The normalized spacial score (nSPS) is 19.8. The Morgan fingerprint density at radius 3 is 2.23 bits per heavy atom. The van der Waals surface area contributed by atoms with E-state index < -0.39 is 0 Å². The fourth-order valence-corrected chi connectivity index (χ4v) is 1.58. The van der Waals surface area contributed by atoms with Gasteiger partial charge in [0, 0.05) is 19.6 Å². The first kappa shape index (κ1) is 10.8. The fourth-order valence-electron chi connectivity index (χ4n) is 1.58. The number of rotatable bonds is 2. The van der Waals surface area contributed by atoms with Crippen molar-refractivity contribution in [2.45, 2.75) is 34.6 Å². The molecule has 0 bridgehead atoms. The molecule has 0 saturated carbocycles. The van der Waals surface area contributed by atoms with Crippen LogP contribution in [0.3, 0.4) is 0 Å². The van der Waals surface area contributed by atoms with E-state index in [-0.39, 0.29) is 0 Å². The summed E-state index contributed by atoms with van der Waals surface area (Å²) in [6.45, 7) is 15.1. The van der Waals surface area contributed by atoms with Crippen molar-refractivity contribution in [2.24, 2.45) is 11.3 Å². The van der Waals surface area contributed by atoms with Crippen LogP contribution in [0.1, 0.15) is 34.6 Å². The number of likely N-dealkylation sites (tertiary alicyclic amines) is 1. The predicted octanol–water partition coefficient (Wildman–Crippen LogP) is 2.93. The largest absolute Gasteiger partial charge is 0.299 e. The molecule has 76 valence electrons. The molecule has 0 atom stereocenters. The van der Waals surface area contributed by atoms with Crippen molar-refractivity contribution in [2.75, 3.05) is 19.6 Å². The Hall–Kier alpha value is -0.300. The molecule has 0 unspecified atom stereocenters. The van der Waals surface area contributed by atoms with Crippen molar-refractivity contribution >= 4 is 0 Å². The summed E-state index contributed by atoms with van der Waals surface area (Å²) in [6, 6.07) is 0. The first-order valence-corrected chi connectivity index (χ1v) is 5.25. The minimum Gasteiger partial charge on any atom is -0.299 e. The molecular weight excluding hydrogens is 158 g/mol. The minimum absolute atomic E-state index is 0.501. The standard InChI is InChI=1S/C12H23N/c1-10(2)6-7-13-8-11(9-13)12(3,4)5/h6,11H,7-9H2,1-5H3. The van der Waals surface area contributed by atoms with E-state index in [1.54, 1.807) is 0 Å². The molecule has 1 nitrogen and oxygen atoms in total. The highest BCUT2D eigenvalue weighted by atomic mass is 15.2. The SMILES string of the molecule is CC(C)=CCN1CC(C(C)(C)C)C1. The summed E-state index contributed by atoms with van der Waals surface area (Å²) in [7, 11) is 0. The van der Waals surface area contributed by atoms with Gasteiger partial charge < -0.3 is 0 Å². The number of hydrogen-bond acceptors (Lipinski definition) is 1. The second-order valence-electron chi connectivity index (χ2n) is 5.56. The van der Waals surface area contributed by atoms with E-state index in [1.807, 2.05) is 0 Å². The second-order valence-corrected chi connectivity index (χ2v) is 5.56. The van der Waals surface area contributed by atoms with Gasteiger partial charge in [0.05, 0.1) is 0 Å². The van der Waals surface area contributed by atoms with Crippen molar-refractivity contribution in [3.05, 3.63) is 11.6 Å². The Balaban J connectivity index is 2.23. The van der Waals surface area contributed by atoms with E-state index in [2.05, 4.69) is 45.6 Å².